The predicted molar refractivity (Wildman–Crippen MR) is 102 cm³/mol. The van der Waals surface area contributed by atoms with Crippen LogP contribution in [0.15, 0.2) is 23.8 Å². The summed E-state index contributed by atoms with van der Waals surface area (Å²) in [6, 6.07) is 0.482. The molecular weight excluding hydrogens is 302 g/mol. The van der Waals surface area contributed by atoms with Crippen molar-refractivity contribution < 1.29 is 4.79 Å². The third-order valence-electron chi connectivity index (χ3n) is 5.37. The van der Waals surface area contributed by atoms with Crippen LogP contribution in [0.1, 0.15) is 72.1 Å². The number of hydrogen-bond acceptors (Lipinski definition) is 2. The molecule has 1 saturated carbocycles. The number of rotatable bonds is 5. The Balaban J connectivity index is 1.84. The van der Waals surface area contributed by atoms with Crippen LogP contribution in [0.4, 0.5) is 0 Å². The van der Waals surface area contributed by atoms with Crippen molar-refractivity contribution in [2.24, 2.45) is 11.3 Å². The van der Waals surface area contributed by atoms with Gasteiger partial charge in [0.15, 0.2) is 5.78 Å². The molecule has 23 heavy (non-hydrogen) atoms. The second kappa shape index (κ2) is 8.23. The molecule has 2 rings (SSSR count). The van der Waals surface area contributed by atoms with Crippen LogP contribution in [-0.4, -0.2) is 16.8 Å². The van der Waals surface area contributed by atoms with E-state index in [0.29, 0.717) is 23.4 Å². The molecule has 0 spiro atoms. The summed E-state index contributed by atoms with van der Waals surface area (Å²) in [5.74, 6) is 0.479. The maximum absolute atomic E-state index is 12.2. The molecule has 1 fully saturated rings. The van der Waals surface area contributed by atoms with Crippen LogP contribution < -0.4 is 5.32 Å². The Kier molecular flexibility index (Phi) is 6.58. The summed E-state index contributed by atoms with van der Waals surface area (Å²) in [4.78, 5) is 12.9. The minimum Gasteiger partial charge on any atom is -0.377 e. The fourth-order valence-electron chi connectivity index (χ4n) is 3.93. The molecule has 0 aromatic carbocycles. The standard InChI is InChI=1S/C20H31NOS/c1-15-8-7-13-20(2,3)18(15)12-11-17(22)14-19(23)21-16-9-5-4-6-10-16/h8,11-12,16,18H,4-7,9-10,13-14H2,1-3H3,(H,21,23)/b12-11+. The van der Waals surface area contributed by atoms with E-state index in [-0.39, 0.29) is 11.2 Å². The Morgan fingerprint density at radius 1 is 1.35 bits per heavy atom. The van der Waals surface area contributed by atoms with E-state index in [1.165, 1.54) is 44.1 Å². The molecule has 1 atom stereocenters. The van der Waals surface area contributed by atoms with Gasteiger partial charge in [0.2, 0.25) is 0 Å². The molecule has 0 bridgehead atoms. The molecule has 0 aromatic heterocycles. The van der Waals surface area contributed by atoms with Gasteiger partial charge in [-0.15, -0.1) is 0 Å². The molecule has 3 heteroatoms. The number of hydrogen-bond donors (Lipinski definition) is 1. The lowest BCUT2D eigenvalue weighted by Gasteiger charge is -2.36. The van der Waals surface area contributed by atoms with Crippen LogP contribution in [0.25, 0.3) is 0 Å². The zero-order valence-corrected chi connectivity index (χ0v) is 15.7. The van der Waals surface area contributed by atoms with Gasteiger partial charge in [0.25, 0.3) is 0 Å². The van der Waals surface area contributed by atoms with E-state index in [4.69, 9.17) is 12.2 Å². The van der Waals surface area contributed by atoms with Crippen LogP contribution in [0.3, 0.4) is 0 Å². The Morgan fingerprint density at radius 3 is 2.70 bits per heavy atom. The molecule has 0 aliphatic heterocycles. The number of nitrogens with one attached hydrogen (secondary N) is 1. The zero-order valence-electron chi connectivity index (χ0n) is 14.9. The van der Waals surface area contributed by atoms with Crippen LogP contribution in [0, 0.1) is 11.3 Å². The largest absolute Gasteiger partial charge is 0.377 e. The fraction of sp³-hybridized carbons (Fsp3) is 0.700. The van der Waals surface area contributed by atoms with Crippen LogP contribution in [0.5, 0.6) is 0 Å². The molecule has 2 nitrogen and oxygen atoms in total. The highest BCUT2D eigenvalue weighted by Gasteiger charge is 2.30. The first-order valence-corrected chi connectivity index (χ1v) is 9.46. The van der Waals surface area contributed by atoms with Crippen LogP contribution >= 0.6 is 12.2 Å². The van der Waals surface area contributed by atoms with Gasteiger partial charge >= 0.3 is 0 Å². The van der Waals surface area contributed by atoms with E-state index >= 15 is 0 Å². The Bertz CT molecular complexity index is 498. The van der Waals surface area contributed by atoms with E-state index in [1.807, 2.05) is 0 Å². The average Bonchev–Trinajstić information content (AvgIpc) is 2.46. The predicted octanol–water partition coefficient (Wildman–Crippen LogP) is 5.13. The highest BCUT2D eigenvalue weighted by molar-refractivity contribution is 7.80. The van der Waals surface area contributed by atoms with Gasteiger partial charge in [0.05, 0.1) is 11.4 Å². The van der Waals surface area contributed by atoms with E-state index < -0.39 is 0 Å². The normalized spacial score (nSPS) is 25.2. The second-order valence-corrected chi connectivity index (χ2v) is 8.35. The van der Waals surface area contributed by atoms with Crippen molar-refractivity contribution in [2.75, 3.05) is 0 Å². The van der Waals surface area contributed by atoms with E-state index in [0.717, 1.165) is 6.42 Å². The number of carbonyl (C=O) groups excluding carboxylic acids is 1. The fourth-order valence-corrected chi connectivity index (χ4v) is 4.24. The maximum Gasteiger partial charge on any atom is 0.162 e. The maximum atomic E-state index is 12.2. The Labute approximate surface area is 146 Å². The van der Waals surface area contributed by atoms with Gasteiger partial charge in [-0.25, -0.2) is 0 Å². The molecule has 1 unspecified atom stereocenters. The lowest BCUT2D eigenvalue weighted by Crippen LogP contribution is -2.36. The highest BCUT2D eigenvalue weighted by atomic mass is 32.1. The van der Waals surface area contributed by atoms with Crippen molar-refractivity contribution in [1.82, 2.24) is 5.32 Å². The van der Waals surface area contributed by atoms with E-state index in [9.17, 15) is 4.79 Å². The van der Waals surface area contributed by atoms with Crippen molar-refractivity contribution in [2.45, 2.75) is 78.2 Å². The summed E-state index contributed by atoms with van der Waals surface area (Å²) in [6.45, 7) is 6.76. The molecule has 0 amide bonds. The monoisotopic (exact) mass is 333 g/mol. The smallest absolute Gasteiger partial charge is 0.162 e. The lowest BCUT2D eigenvalue weighted by atomic mass is 9.68. The number of thiocarbonyl (C=S) groups is 1. The third-order valence-corrected chi connectivity index (χ3v) is 5.63. The Hall–Kier alpha value is -0.960. The van der Waals surface area contributed by atoms with Gasteiger partial charge in [0, 0.05) is 12.0 Å². The van der Waals surface area contributed by atoms with Crippen LogP contribution in [0.2, 0.25) is 0 Å². The average molecular weight is 334 g/mol. The molecule has 2 aliphatic carbocycles. The molecule has 0 radical (unpaired) electrons. The second-order valence-electron chi connectivity index (χ2n) is 7.86. The topological polar surface area (TPSA) is 29.1 Å². The molecular formula is C20H31NOS. The van der Waals surface area contributed by atoms with Gasteiger partial charge in [-0.1, -0.05) is 63.1 Å². The first-order valence-electron chi connectivity index (χ1n) is 9.05. The van der Waals surface area contributed by atoms with Gasteiger partial charge in [-0.05, 0) is 44.1 Å². The molecule has 1 N–H and O–H groups in total. The molecule has 0 aromatic rings. The molecule has 2 aliphatic rings. The minimum atomic E-state index is 0.118. The summed E-state index contributed by atoms with van der Waals surface area (Å²) in [5, 5.41) is 3.38. The van der Waals surface area contributed by atoms with Gasteiger partial charge < -0.3 is 5.32 Å². The van der Waals surface area contributed by atoms with Crippen LogP contribution in [-0.2, 0) is 4.79 Å². The summed E-state index contributed by atoms with van der Waals surface area (Å²) in [7, 11) is 0. The Morgan fingerprint density at radius 2 is 2.04 bits per heavy atom. The van der Waals surface area contributed by atoms with Crippen molar-refractivity contribution in [3.8, 4) is 0 Å². The van der Waals surface area contributed by atoms with Crippen molar-refractivity contribution in [3.63, 3.8) is 0 Å². The molecule has 0 saturated heterocycles. The quantitative estimate of drug-likeness (QED) is 0.429. The van der Waals surface area contributed by atoms with Crippen molar-refractivity contribution in [1.29, 1.82) is 0 Å². The zero-order chi connectivity index (χ0) is 16.9. The summed E-state index contributed by atoms with van der Waals surface area (Å²) in [5.41, 5.74) is 1.62. The van der Waals surface area contributed by atoms with Gasteiger partial charge in [-0.3, -0.25) is 4.79 Å². The number of carbonyl (C=O) groups is 1. The van der Waals surface area contributed by atoms with E-state index in [2.05, 4.69) is 38.2 Å². The summed E-state index contributed by atoms with van der Waals surface area (Å²) >= 11 is 5.37. The minimum absolute atomic E-state index is 0.118. The molecule has 128 valence electrons. The van der Waals surface area contributed by atoms with E-state index in [1.54, 1.807) is 6.08 Å². The SMILES string of the molecule is CC1=CCCC(C)(C)C1/C=C/C(=O)CC(=S)NC1CCCCC1. The first kappa shape index (κ1) is 18.4. The lowest BCUT2D eigenvalue weighted by molar-refractivity contribution is -0.113. The van der Waals surface area contributed by atoms with Gasteiger partial charge in [0.1, 0.15) is 0 Å². The summed E-state index contributed by atoms with van der Waals surface area (Å²) in [6.07, 6.45) is 15.1. The number of allylic oxidation sites excluding steroid dienone is 4. The first-order chi connectivity index (χ1) is 10.9. The van der Waals surface area contributed by atoms with Gasteiger partial charge in [-0.2, -0.15) is 0 Å². The van der Waals surface area contributed by atoms with Crippen molar-refractivity contribution >= 4 is 23.0 Å². The molecule has 0 heterocycles. The highest BCUT2D eigenvalue weighted by Crippen LogP contribution is 2.41. The third kappa shape index (κ3) is 5.56. The summed E-state index contributed by atoms with van der Waals surface area (Å²) < 4.78 is 0. The van der Waals surface area contributed by atoms with Crippen molar-refractivity contribution in [3.05, 3.63) is 23.8 Å². The number of ketones is 1.